The number of anilines is 1. The Bertz CT molecular complexity index is 833. The fourth-order valence-electron chi connectivity index (χ4n) is 2.03. The maximum Gasteiger partial charge on any atom is 0.338 e. The third-order valence-corrected chi connectivity index (χ3v) is 3.55. The third kappa shape index (κ3) is 6.99. The van der Waals surface area contributed by atoms with E-state index in [-0.39, 0.29) is 16.9 Å². The van der Waals surface area contributed by atoms with Gasteiger partial charge in [0, 0.05) is 11.8 Å². The number of esters is 1. The van der Waals surface area contributed by atoms with E-state index in [2.05, 4.69) is 10.6 Å². The van der Waals surface area contributed by atoms with E-state index in [0.29, 0.717) is 23.4 Å². The fourth-order valence-corrected chi connectivity index (χ4v) is 2.25. The predicted octanol–water partition coefficient (Wildman–Crippen LogP) is 3.92. The number of halogens is 1. The molecule has 0 unspecified atom stereocenters. The first-order valence-electron chi connectivity index (χ1n) is 8.30. The highest BCUT2D eigenvalue weighted by Gasteiger charge is 2.07. The zero-order chi connectivity index (χ0) is 19.6. The van der Waals surface area contributed by atoms with Gasteiger partial charge in [-0.1, -0.05) is 19.1 Å². The molecule has 2 rings (SSSR count). The average molecular weight is 386 g/mol. The summed E-state index contributed by atoms with van der Waals surface area (Å²) in [4.78, 5) is 23.6. The molecule has 0 aliphatic heterocycles. The van der Waals surface area contributed by atoms with Gasteiger partial charge in [-0.3, -0.25) is 10.1 Å². The number of ether oxygens (including phenoxy) is 1. The minimum atomic E-state index is -0.420. The second-order valence-corrected chi connectivity index (χ2v) is 5.95. The molecular formula is C20H19FN2O3S. The summed E-state index contributed by atoms with van der Waals surface area (Å²) in [5.41, 5.74) is 1.75. The number of rotatable bonds is 6. The van der Waals surface area contributed by atoms with Gasteiger partial charge in [0.1, 0.15) is 5.82 Å². The van der Waals surface area contributed by atoms with Gasteiger partial charge in [0.15, 0.2) is 5.11 Å². The van der Waals surface area contributed by atoms with E-state index in [1.807, 2.05) is 6.92 Å². The summed E-state index contributed by atoms with van der Waals surface area (Å²) in [7, 11) is 0. The van der Waals surface area contributed by atoms with E-state index in [1.54, 1.807) is 42.5 Å². The van der Waals surface area contributed by atoms with Crippen molar-refractivity contribution >= 4 is 41.0 Å². The van der Waals surface area contributed by atoms with Crippen LogP contribution in [0.4, 0.5) is 10.1 Å². The Morgan fingerprint density at radius 3 is 2.41 bits per heavy atom. The molecule has 27 heavy (non-hydrogen) atoms. The first-order valence-corrected chi connectivity index (χ1v) is 8.71. The topological polar surface area (TPSA) is 67.4 Å². The number of carbonyl (C=O) groups excluding carboxylic acids is 2. The van der Waals surface area contributed by atoms with Gasteiger partial charge < -0.3 is 10.1 Å². The molecule has 0 saturated heterocycles. The highest BCUT2D eigenvalue weighted by molar-refractivity contribution is 7.80. The zero-order valence-corrected chi connectivity index (χ0v) is 15.5. The quantitative estimate of drug-likeness (QED) is 0.447. The van der Waals surface area contributed by atoms with Gasteiger partial charge >= 0.3 is 5.97 Å². The molecule has 0 heterocycles. The third-order valence-electron chi connectivity index (χ3n) is 3.35. The largest absolute Gasteiger partial charge is 0.462 e. The summed E-state index contributed by atoms with van der Waals surface area (Å²) in [5.74, 6) is -1.14. The Morgan fingerprint density at radius 2 is 1.78 bits per heavy atom. The van der Waals surface area contributed by atoms with Crippen molar-refractivity contribution in [3.05, 3.63) is 71.6 Å². The average Bonchev–Trinajstić information content (AvgIpc) is 2.66. The number of amides is 1. The smallest absolute Gasteiger partial charge is 0.338 e. The molecule has 0 atom stereocenters. The molecule has 0 aromatic heterocycles. The second-order valence-electron chi connectivity index (χ2n) is 5.54. The summed E-state index contributed by atoms with van der Waals surface area (Å²) in [5, 5.41) is 5.47. The van der Waals surface area contributed by atoms with E-state index >= 15 is 0 Å². The second kappa shape index (κ2) is 10.2. The van der Waals surface area contributed by atoms with Crippen LogP contribution in [0.25, 0.3) is 6.08 Å². The molecule has 1 amide bonds. The zero-order valence-electron chi connectivity index (χ0n) is 14.7. The highest BCUT2D eigenvalue weighted by Crippen LogP contribution is 2.11. The first kappa shape index (κ1) is 20.3. The van der Waals surface area contributed by atoms with Crippen LogP contribution in [-0.4, -0.2) is 23.6 Å². The summed E-state index contributed by atoms with van der Waals surface area (Å²) in [6, 6.07) is 12.3. The van der Waals surface area contributed by atoms with Gasteiger partial charge in [0.25, 0.3) is 0 Å². The molecule has 140 valence electrons. The maximum absolute atomic E-state index is 12.8. The predicted molar refractivity (Wildman–Crippen MR) is 107 cm³/mol. The molecule has 0 aliphatic rings. The Kier molecular flexibility index (Phi) is 7.63. The lowest BCUT2D eigenvalue weighted by molar-refractivity contribution is -0.115. The van der Waals surface area contributed by atoms with E-state index < -0.39 is 5.91 Å². The molecule has 2 N–H and O–H groups in total. The van der Waals surface area contributed by atoms with Crippen molar-refractivity contribution in [1.82, 2.24) is 5.32 Å². The first-order chi connectivity index (χ1) is 13.0. The van der Waals surface area contributed by atoms with Crippen LogP contribution in [0.3, 0.4) is 0 Å². The van der Waals surface area contributed by atoms with Crippen molar-refractivity contribution in [2.45, 2.75) is 13.3 Å². The molecule has 0 fully saturated rings. The van der Waals surface area contributed by atoms with Crippen molar-refractivity contribution in [1.29, 1.82) is 0 Å². The van der Waals surface area contributed by atoms with E-state index in [4.69, 9.17) is 17.0 Å². The minimum Gasteiger partial charge on any atom is -0.462 e. The van der Waals surface area contributed by atoms with Crippen LogP contribution in [0.1, 0.15) is 29.3 Å². The van der Waals surface area contributed by atoms with Crippen LogP contribution in [0.2, 0.25) is 0 Å². The van der Waals surface area contributed by atoms with Crippen LogP contribution in [0.5, 0.6) is 0 Å². The summed E-state index contributed by atoms with van der Waals surface area (Å²) in [6.45, 7) is 2.30. The van der Waals surface area contributed by atoms with E-state index in [0.717, 1.165) is 6.42 Å². The molecule has 0 aliphatic carbocycles. The lowest BCUT2D eigenvalue weighted by Crippen LogP contribution is -2.32. The molecular weight excluding hydrogens is 367 g/mol. The molecule has 0 saturated carbocycles. The van der Waals surface area contributed by atoms with Gasteiger partial charge in [0.2, 0.25) is 5.91 Å². The standard InChI is InChI=1S/C20H19FN2O3S/c1-2-13-26-19(25)15-6-10-17(11-7-15)22-20(27)23-18(24)12-5-14-3-8-16(21)9-4-14/h3-12H,2,13H2,1H3,(H2,22,23,24,27). The molecule has 2 aromatic carbocycles. The Balaban J connectivity index is 1.84. The van der Waals surface area contributed by atoms with Gasteiger partial charge in [0.05, 0.1) is 12.2 Å². The highest BCUT2D eigenvalue weighted by atomic mass is 32.1. The molecule has 5 nitrogen and oxygen atoms in total. The van der Waals surface area contributed by atoms with Crippen LogP contribution in [0, 0.1) is 5.82 Å². The lowest BCUT2D eigenvalue weighted by atomic mass is 10.2. The van der Waals surface area contributed by atoms with Crippen LogP contribution < -0.4 is 10.6 Å². The Labute approximate surface area is 162 Å². The Morgan fingerprint density at radius 1 is 1.11 bits per heavy atom. The molecule has 0 bridgehead atoms. The van der Waals surface area contributed by atoms with Gasteiger partial charge in [-0.15, -0.1) is 0 Å². The molecule has 0 spiro atoms. The monoisotopic (exact) mass is 386 g/mol. The van der Waals surface area contributed by atoms with Crippen molar-refractivity contribution in [2.24, 2.45) is 0 Å². The number of hydrogen-bond donors (Lipinski definition) is 2. The maximum atomic E-state index is 12.8. The van der Waals surface area contributed by atoms with Gasteiger partial charge in [-0.2, -0.15) is 0 Å². The van der Waals surface area contributed by atoms with Crippen LogP contribution in [-0.2, 0) is 9.53 Å². The number of benzene rings is 2. The Hall–Kier alpha value is -3.06. The number of thiocarbonyl (C=S) groups is 1. The number of nitrogens with one attached hydrogen (secondary N) is 2. The number of carbonyl (C=O) groups is 2. The lowest BCUT2D eigenvalue weighted by Gasteiger charge is -2.09. The van der Waals surface area contributed by atoms with E-state index in [1.165, 1.54) is 18.2 Å². The number of hydrogen-bond acceptors (Lipinski definition) is 4. The fraction of sp³-hybridized carbons (Fsp3) is 0.150. The SMILES string of the molecule is CCCOC(=O)c1ccc(NC(=S)NC(=O)C=Cc2ccc(F)cc2)cc1. The van der Waals surface area contributed by atoms with Crippen LogP contribution >= 0.6 is 12.2 Å². The van der Waals surface area contributed by atoms with Crippen LogP contribution in [0.15, 0.2) is 54.6 Å². The normalized spacial score (nSPS) is 10.4. The molecule has 0 radical (unpaired) electrons. The minimum absolute atomic E-state index is 0.116. The summed E-state index contributed by atoms with van der Waals surface area (Å²) in [6.07, 6.45) is 3.61. The molecule has 7 heteroatoms. The van der Waals surface area contributed by atoms with Crippen molar-refractivity contribution in [2.75, 3.05) is 11.9 Å². The van der Waals surface area contributed by atoms with Gasteiger partial charge in [-0.05, 0) is 66.7 Å². The van der Waals surface area contributed by atoms with Gasteiger partial charge in [-0.25, -0.2) is 9.18 Å². The van der Waals surface area contributed by atoms with E-state index in [9.17, 15) is 14.0 Å². The van der Waals surface area contributed by atoms with Crippen molar-refractivity contribution in [3.63, 3.8) is 0 Å². The molecule has 2 aromatic rings. The summed E-state index contributed by atoms with van der Waals surface area (Å²) < 4.78 is 17.9. The van der Waals surface area contributed by atoms with Crippen molar-refractivity contribution < 1.29 is 18.7 Å². The summed E-state index contributed by atoms with van der Waals surface area (Å²) >= 11 is 5.08. The van der Waals surface area contributed by atoms with Crippen molar-refractivity contribution in [3.8, 4) is 0 Å².